The lowest BCUT2D eigenvalue weighted by Gasteiger charge is -2.26. The van der Waals surface area contributed by atoms with Crippen LogP contribution >= 0.6 is 0 Å². The second kappa shape index (κ2) is 11.9. The van der Waals surface area contributed by atoms with Gasteiger partial charge in [0.15, 0.2) is 0 Å². The molecule has 2 saturated heterocycles. The summed E-state index contributed by atoms with van der Waals surface area (Å²) < 4.78 is 67.9. The Morgan fingerprint density at radius 3 is 2.36 bits per heavy atom. The van der Waals surface area contributed by atoms with Crippen molar-refractivity contribution < 1.29 is 31.5 Å². The molecule has 1 aromatic heterocycles. The Labute approximate surface area is 226 Å². The number of amides is 1. The Hall–Kier alpha value is -3.15. The molecular weight excluding hydrogens is 528 g/mol. The van der Waals surface area contributed by atoms with Crippen LogP contribution in [-0.2, 0) is 38.2 Å². The predicted molar refractivity (Wildman–Crippen MR) is 139 cm³/mol. The topological polar surface area (TPSA) is 90.7 Å². The average Bonchev–Trinajstić information content (AvgIpc) is 3.69. The number of aromatic nitrogens is 2. The summed E-state index contributed by atoms with van der Waals surface area (Å²) in [6.45, 7) is 1.78. The Morgan fingerprint density at radius 2 is 1.69 bits per heavy atom. The van der Waals surface area contributed by atoms with Crippen LogP contribution in [0, 0.1) is 11.6 Å². The number of carbonyl (C=O) groups is 1. The quantitative estimate of drug-likeness (QED) is 0.371. The van der Waals surface area contributed by atoms with Gasteiger partial charge in [-0.15, -0.1) is 0 Å². The predicted octanol–water partition coefficient (Wildman–Crippen LogP) is 4.14. The molecule has 2 fully saturated rings. The van der Waals surface area contributed by atoms with Gasteiger partial charge in [0.25, 0.3) is 5.91 Å². The number of ether oxygens (including phenoxy) is 2. The van der Waals surface area contributed by atoms with Crippen LogP contribution in [0.4, 0.5) is 8.78 Å². The fourth-order valence-corrected chi connectivity index (χ4v) is 6.58. The number of rotatable bonds is 10. The highest BCUT2D eigenvalue weighted by Gasteiger charge is 2.30. The van der Waals surface area contributed by atoms with Gasteiger partial charge in [-0.3, -0.25) is 4.79 Å². The van der Waals surface area contributed by atoms with E-state index in [9.17, 15) is 22.0 Å². The third kappa shape index (κ3) is 6.54. The van der Waals surface area contributed by atoms with E-state index in [0.717, 1.165) is 25.7 Å². The van der Waals surface area contributed by atoms with Crippen LogP contribution < -0.4 is 0 Å². The van der Waals surface area contributed by atoms with Gasteiger partial charge in [0.1, 0.15) is 11.6 Å². The van der Waals surface area contributed by atoms with E-state index in [0.29, 0.717) is 31.0 Å². The van der Waals surface area contributed by atoms with Crippen molar-refractivity contribution in [3.63, 3.8) is 0 Å². The number of benzene rings is 2. The van der Waals surface area contributed by atoms with Crippen LogP contribution in [0.15, 0.2) is 59.9 Å². The molecule has 2 aromatic carbocycles. The first-order valence-corrected chi connectivity index (χ1v) is 14.7. The molecular formula is C28H31F2N3O5S. The minimum Gasteiger partial charge on any atom is -0.376 e. The van der Waals surface area contributed by atoms with Crippen LogP contribution in [0.1, 0.15) is 47.3 Å². The standard InChI is InChI=1S/C28H31F2N3O5S/c29-22-11-9-20(10-12-22)27(34)32(17-24-6-3-13-37-24)16-23-15-31-28(33(23)18-25-7-4-14-38-25)39(35,36)19-21-5-1-2-8-26(21)30/h1-2,5,8-12,15,24-25H,3-4,6-7,13-14,16-19H2. The SMILES string of the molecule is O=C(c1ccc(F)cc1)N(Cc1cnc(S(=O)(=O)Cc2ccccc2F)n1CC1CCCO1)CC1CCCO1. The Balaban J connectivity index is 1.48. The van der Waals surface area contributed by atoms with Gasteiger partial charge >= 0.3 is 0 Å². The fraction of sp³-hybridized carbons (Fsp3) is 0.429. The molecule has 2 aliphatic rings. The molecule has 0 spiro atoms. The highest BCUT2D eigenvalue weighted by molar-refractivity contribution is 7.90. The lowest BCUT2D eigenvalue weighted by Crippen LogP contribution is -2.38. The highest BCUT2D eigenvalue weighted by atomic mass is 32.2. The summed E-state index contributed by atoms with van der Waals surface area (Å²) in [5, 5.41) is -0.192. The number of nitrogens with zero attached hydrogens (tertiary/aromatic N) is 3. The van der Waals surface area contributed by atoms with Crippen molar-refractivity contribution in [1.82, 2.24) is 14.5 Å². The number of imidazole rings is 1. The van der Waals surface area contributed by atoms with E-state index < -0.39 is 27.2 Å². The first kappa shape index (κ1) is 27.4. The van der Waals surface area contributed by atoms with Crippen LogP contribution in [0.5, 0.6) is 0 Å². The monoisotopic (exact) mass is 559 g/mol. The summed E-state index contributed by atoms with van der Waals surface area (Å²) in [5.74, 6) is -1.93. The summed E-state index contributed by atoms with van der Waals surface area (Å²) in [6, 6.07) is 11.1. The molecule has 0 aliphatic carbocycles. The van der Waals surface area contributed by atoms with Gasteiger partial charge < -0.3 is 18.9 Å². The van der Waals surface area contributed by atoms with Gasteiger partial charge in [0, 0.05) is 30.9 Å². The smallest absolute Gasteiger partial charge is 0.254 e. The van der Waals surface area contributed by atoms with E-state index in [1.54, 1.807) is 15.5 Å². The lowest BCUT2D eigenvalue weighted by atomic mass is 10.1. The number of sulfone groups is 1. The van der Waals surface area contributed by atoms with Crippen LogP contribution in [0.2, 0.25) is 0 Å². The average molecular weight is 560 g/mol. The molecule has 2 atom stereocenters. The lowest BCUT2D eigenvalue weighted by molar-refractivity contribution is 0.0496. The van der Waals surface area contributed by atoms with Crippen molar-refractivity contribution >= 4 is 15.7 Å². The van der Waals surface area contributed by atoms with Crippen molar-refractivity contribution in [2.24, 2.45) is 0 Å². The first-order valence-electron chi connectivity index (χ1n) is 13.1. The van der Waals surface area contributed by atoms with Gasteiger partial charge in [0.2, 0.25) is 15.0 Å². The van der Waals surface area contributed by atoms with Gasteiger partial charge in [-0.05, 0) is 56.0 Å². The largest absolute Gasteiger partial charge is 0.376 e. The van der Waals surface area contributed by atoms with Gasteiger partial charge in [-0.25, -0.2) is 22.2 Å². The molecule has 5 rings (SSSR count). The van der Waals surface area contributed by atoms with Gasteiger partial charge in [0.05, 0.1) is 42.9 Å². The number of halogens is 2. The molecule has 208 valence electrons. The van der Waals surface area contributed by atoms with E-state index in [-0.39, 0.29) is 41.9 Å². The number of hydrogen-bond donors (Lipinski definition) is 0. The second-order valence-corrected chi connectivity index (χ2v) is 11.8. The summed E-state index contributed by atoms with van der Waals surface area (Å²) in [4.78, 5) is 19.4. The third-order valence-electron chi connectivity index (χ3n) is 7.07. The first-order chi connectivity index (χ1) is 18.8. The van der Waals surface area contributed by atoms with Crippen molar-refractivity contribution in [3.8, 4) is 0 Å². The van der Waals surface area contributed by atoms with Gasteiger partial charge in [-0.2, -0.15) is 0 Å². The van der Waals surface area contributed by atoms with Crippen molar-refractivity contribution in [3.05, 3.63) is 83.2 Å². The van der Waals surface area contributed by atoms with E-state index in [2.05, 4.69) is 4.98 Å². The van der Waals surface area contributed by atoms with Crippen LogP contribution in [0.3, 0.4) is 0 Å². The summed E-state index contributed by atoms with van der Waals surface area (Å²) in [6.07, 6.45) is 4.39. The number of hydrogen-bond acceptors (Lipinski definition) is 6. The maximum absolute atomic E-state index is 14.3. The molecule has 11 heteroatoms. The molecule has 0 N–H and O–H groups in total. The molecule has 2 unspecified atom stereocenters. The van der Waals surface area contributed by atoms with Gasteiger partial charge in [-0.1, -0.05) is 18.2 Å². The molecule has 3 heterocycles. The minimum absolute atomic E-state index is 0.0530. The van der Waals surface area contributed by atoms with Crippen LogP contribution in [0.25, 0.3) is 0 Å². The maximum atomic E-state index is 14.3. The van der Waals surface area contributed by atoms with E-state index in [4.69, 9.17) is 9.47 Å². The molecule has 0 bridgehead atoms. The zero-order valence-corrected chi connectivity index (χ0v) is 22.3. The van der Waals surface area contributed by atoms with Crippen molar-refractivity contribution in [1.29, 1.82) is 0 Å². The van der Waals surface area contributed by atoms with Crippen molar-refractivity contribution in [2.75, 3.05) is 19.8 Å². The Bertz CT molecular complexity index is 1400. The summed E-state index contributed by atoms with van der Waals surface area (Å²) in [5.41, 5.74) is 0.871. The minimum atomic E-state index is -4.04. The fourth-order valence-electron chi connectivity index (χ4n) is 5.06. The van der Waals surface area contributed by atoms with Crippen molar-refractivity contribution in [2.45, 2.75) is 61.9 Å². The molecule has 0 radical (unpaired) electrons. The molecule has 39 heavy (non-hydrogen) atoms. The highest BCUT2D eigenvalue weighted by Crippen LogP contribution is 2.24. The molecule has 8 nitrogen and oxygen atoms in total. The summed E-state index contributed by atoms with van der Waals surface area (Å²) in [7, 11) is -4.04. The van der Waals surface area contributed by atoms with E-state index in [1.807, 2.05) is 0 Å². The normalized spacial score (nSPS) is 19.4. The molecule has 3 aromatic rings. The van der Waals surface area contributed by atoms with E-state index >= 15 is 0 Å². The maximum Gasteiger partial charge on any atom is 0.254 e. The molecule has 1 amide bonds. The Kier molecular flexibility index (Phi) is 8.39. The van der Waals surface area contributed by atoms with E-state index in [1.165, 1.54) is 48.7 Å². The zero-order valence-electron chi connectivity index (χ0n) is 21.5. The third-order valence-corrected chi connectivity index (χ3v) is 8.65. The van der Waals surface area contributed by atoms with Crippen LogP contribution in [-0.4, -0.2) is 60.7 Å². The number of carbonyl (C=O) groups excluding carboxylic acids is 1. The zero-order chi connectivity index (χ0) is 27.4. The molecule has 0 saturated carbocycles. The Morgan fingerprint density at radius 1 is 1.00 bits per heavy atom. The summed E-state index contributed by atoms with van der Waals surface area (Å²) >= 11 is 0. The second-order valence-electron chi connectivity index (χ2n) is 9.96. The molecule has 2 aliphatic heterocycles.